The van der Waals surface area contributed by atoms with Gasteiger partial charge in [0, 0.05) is 7.11 Å². The predicted molar refractivity (Wildman–Crippen MR) is 69.2 cm³/mol. The van der Waals surface area contributed by atoms with Crippen molar-refractivity contribution < 1.29 is 9.53 Å². The summed E-state index contributed by atoms with van der Waals surface area (Å²) in [7, 11) is 1.61. The van der Waals surface area contributed by atoms with Crippen LogP contribution in [0.5, 0.6) is 0 Å². The average Bonchev–Trinajstić information content (AvgIpc) is 2.15. The SMILES string of the molecule is CCC(COC)NC(=O)C(C(N)=S)C(C)C. The molecule has 0 rings (SSSR count). The van der Waals surface area contributed by atoms with Gasteiger partial charge in [0.25, 0.3) is 0 Å². The third-order valence-electron chi connectivity index (χ3n) is 2.46. The van der Waals surface area contributed by atoms with Gasteiger partial charge in [-0.2, -0.15) is 0 Å². The monoisotopic (exact) mass is 246 g/mol. The van der Waals surface area contributed by atoms with Crippen LogP contribution in [0.1, 0.15) is 27.2 Å². The van der Waals surface area contributed by atoms with Crippen molar-refractivity contribution in [3.8, 4) is 0 Å². The smallest absolute Gasteiger partial charge is 0.230 e. The Balaban J connectivity index is 4.45. The van der Waals surface area contributed by atoms with Crippen LogP contribution in [0.3, 0.4) is 0 Å². The van der Waals surface area contributed by atoms with Gasteiger partial charge in [0.15, 0.2) is 0 Å². The molecule has 0 fully saturated rings. The van der Waals surface area contributed by atoms with E-state index in [2.05, 4.69) is 5.32 Å². The van der Waals surface area contributed by atoms with Crippen molar-refractivity contribution in [2.75, 3.05) is 13.7 Å². The highest BCUT2D eigenvalue weighted by atomic mass is 32.1. The van der Waals surface area contributed by atoms with Crippen molar-refractivity contribution in [3.63, 3.8) is 0 Å². The van der Waals surface area contributed by atoms with Crippen LogP contribution in [-0.4, -0.2) is 30.7 Å². The molecule has 94 valence electrons. The molecule has 2 unspecified atom stereocenters. The first-order valence-corrected chi connectivity index (χ1v) is 5.93. The Labute approximate surface area is 103 Å². The van der Waals surface area contributed by atoms with E-state index in [0.717, 1.165) is 6.42 Å². The van der Waals surface area contributed by atoms with Gasteiger partial charge in [-0.3, -0.25) is 4.79 Å². The summed E-state index contributed by atoms with van der Waals surface area (Å²) in [4.78, 5) is 12.2. The third kappa shape index (κ3) is 4.90. The van der Waals surface area contributed by atoms with E-state index in [9.17, 15) is 4.79 Å². The van der Waals surface area contributed by atoms with Gasteiger partial charge in [-0.15, -0.1) is 0 Å². The normalized spacial score (nSPS) is 14.6. The Kier molecular flexibility index (Phi) is 7.25. The van der Waals surface area contributed by atoms with Gasteiger partial charge in [0.05, 0.1) is 23.6 Å². The van der Waals surface area contributed by atoms with E-state index in [1.165, 1.54) is 0 Å². The maximum absolute atomic E-state index is 11.9. The summed E-state index contributed by atoms with van der Waals surface area (Å²) in [6.45, 7) is 6.36. The molecule has 16 heavy (non-hydrogen) atoms. The first-order chi connectivity index (χ1) is 7.43. The molecule has 0 aliphatic carbocycles. The molecule has 0 aromatic heterocycles. The Hall–Kier alpha value is -0.680. The van der Waals surface area contributed by atoms with Gasteiger partial charge in [-0.05, 0) is 12.3 Å². The second-order valence-electron chi connectivity index (χ2n) is 4.19. The summed E-state index contributed by atoms with van der Waals surface area (Å²) in [6, 6.07) is 0.0214. The summed E-state index contributed by atoms with van der Waals surface area (Å²) < 4.78 is 5.02. The highest BCUT2D eigenvalue weighted by molar-refractivity contribution is 7.80. The maximum atomic E-state index is 11.9. The molecule has 4 nitrogen and oxygen atoms in total. The van der Waals surface area contributed by atoms with Crippen molar-refractivity contribution in [1.29, 1.82) is 0 Å². The van der Waals surface area contributed by atoms with Crippen LogP contribution in [0.15, 0.2) is 0 Å². The number of amides is 1. The number of rotatable bonds is 7. The number of hydrogen-bond acceptors (Lipinski definition) is 3. The van der Waals surface area contributed by atoms with Gasteiger partial charge < -0.3 is 15.8 Å². The number of carbonyl (C=O) groups is 1. The van der Waals surface area contributed by atoms with Crippen molar-refractivity contribution in [2.24, 2.45) is 17.6 Å². The minimum atomic E-state index is -0.402. The van der Waals surface area contributed by atoms with Crippen molar-refractivity contribution in [2.45, 2.75) is 33.2 Å². The van der Waals surface area contributed by atoms with Gasteiger partial charge in [0.1, 0.15) is 0 Å². The Morgan fingerprint density at radius 2 is 2.06 bits per heavy atom. The largest absolute Gasteiger partial charge is 0.393 e. The topological polar surface area (TPSA) is 64.3 Å². The fraction of sp³-hybridized carbons (Fsp3) is 0.818. The standard InChI is InChI=1S/C11H22N2O2S/c1-5-8(6-15-4)13-11(14)9(7(2)3)10(12)16/h7-9H,5-6H2,1-4H3,(H2,12,16)(H,13,14). The molecule has 0 aromatic rings. The predicted octanol–water partition coefficient (Wildman–Crippen LogP) is 1.09. The van der Waals surface area contributed by atoms with Gasteiger partial charge in [0.2, 0.25) is 5.91 Å². The zero-order valence-corrected chi connectivity index (χ0v) is 11.3. The maximum Gasteiger partial charge on any atom is 0.230 e. The Morgan fingerprint density at radius 1 is 1.50 bits per heavy atom. The number of nitrogens with one attached hydrogen (secondary N) is 1. The van der Waals surface area contributed by atoms with Gasteiger partial charge >= 0.3 is 0 Å². The summed E-state index contributed by atoms with van der Waals surface area (Å²) >= 11 is 4.91. The lowest BCUT2D eigenvalue weighted by atomic mass is 9.94. The van der Waals surface area contributed by atoms with E-state index in [1.54, 1.807) is 7.11 Å². The lowest BCUT2D eigenvalue weighted by Gasteiger charge is -2.23. The first-order valence-electron chi connectivity index (χ1n) is 5.52. The molecule has 0 aliphatic heterocycles. The lowest BCUT2D eigenvalue weighted by Crippen LogP contribution is -2.46. The van der Waals surface area contributed by atoms with E-state index in [1.807, 2.05) is 20.8 Å². The Morgan fingerprint density at radius 3 is 2.38 bits per heavy atom. The van der Waals surface area contributed by atoms with Crippen LogP contribution < -0.4 is 11.1 Å². The number of ether oxygens (including phenoxy) is 1. The van der Waals surface area contributed by atoms with Crippen molar-refractivity contribution in [3.05, 3.63) is 0 Å². The zero-order valence-electron chi connectivity index (χ0n) is 10.4. The number of thiocarbonyl (C=S) groups is 1. The molecule has 0 bridgehead atoms. The van der Waals surface area contributed by atoms with E-state index in [0.29, 0.717) is 6.61 Å². The molecule has 0 aliphatic rings. The van der Waals surface area contributed by atoms with Crippen LogP contribution in [0.4, 0.5) is 0 Å². The molecule has 0 radical (unpaired) electrons. The lowest BCUT2D eigenvalue weighted by molar-refractivity contribution is -0.125. The van der Waals surface area contributed by atoms with E-state index in [-0.39, 0.29) is 22.9 Å². The van der Waals surface area contributed by atoms with Gasteiger partial charge in [-0.1, -0.05) is 33.0 Å². The molecule has 1 amide bonds. The zero-order chi connectivity index (χ0) is 12.7. The van der Waals surface area contributed by atoms with Crippen LogP contribution in [0.25, 0.3) is 0 Å². The molecule has 2 atom stereocenters. The first kappa shape index (κ1) is 15.3. The molecule has 5 heteroatoms. The van der Waals surface area contributed by atoms with E-state index >= 15 is 0 Å². The molecular formula is C11H22N2O2S. The summed E-state index contributed by atoms with van der Waals surface area (Å²) in [6.07, 6.45) is 0.821. The van der Waals surface area contributed by atoms with Crippen LogP contribution in [0, 0.1) is 11.8 Å². The molecule has 0 aromatic carbocycles. The molecule has 0 heterocycles. The fourth-order valence-electron chi connectivity index (χ4n) is 1.51. The van der Waals surface area contributed by atoms with E-state index < -0.39 is 5.92 Å². The molecule has 3 N–H and O–H groups in total. The fourth-order valence-corrected chi connectivity index (χ4v) is 1.89. The minimum absolute atomic E-state index is 0.0214. The van der Waals surface area contributed by atoms with Crippen LogP contribution in [0.2, 0.25) is 0 Å². The molecule has 0 saturated heterocycles. The second-order valence-corrected chi connectivity index (χ2v) is 4.66. The number of carbonyl (C=O) groups excluding carboxylic acids is 1. The van der Waals surface area contributed by atoms with Crippen LogP contribution >= 0.6 is 12.2 Å². The summed E-state index contributed by atoms with van der Waals surface area (Å²) in [5.41, 5.74) is 5.57. The molecule has 0 spiro atoms. The highest BCUT2D eigenvalue weighted by Gasteiger charge is 2.26. The third-order valence-corrected chi connectivity index (χ3v) is 2.72. The van der Waals surface area contributed by atoms with Crippen molar-refractivity contribution in [1.82, 2.24) is 5.32 Å². The second kappa shape index (κ2) is 7.57. The molecular weight excluding hydrogens is 224 g/mol. The minimum Gasteiger partial charge on any atom is -0.393 e. The summed E-state index contributed by atoms with van der Waals surface area (Å²) in [5, 5.41) is 2.90. The van der Waals surface area contributed by atoms with E-state index in [4.69, 9.17) is 22.7 Å². The average molecular weight is 246 g/mol. The summed E-state index contributed by atoms with van der Waals surface area (Å²) in [5.74, 6) is -0.398. The number of nitrogens with two attached hydrogens (primary N) is 1. The highest BCUT2D eigenvalue weighted by Crippen LogP contribution is 2.12. The Bertz CT molecular complexity index is 244. The van der Waals surface area contributed by atoms with Gasteiger partial charge in [-0.25, -0.2) is 0 Å². The number of hydrogen-bond donors (Lipinski definition) is 2. The van der Waals surface area contributed by atoms with Crippen LogP contribution in [-0.2, 0) is 9.53 Å². The number of methoxy groups -OCH3 is 1. The van der Waals surface area contributed by atoms with Crippen molar-refractivity contribution >= 4 is 23.1 Å². The quantitative estimate of drug-likeness (QED) is 0.660. The molecule has 0 saturated carbocycles.